The van der Waals surface area contributed by atoms with Gasteiger partial charge in [0.1, 0.15) is 0 Å². The highest BCUT2D eigenvalue weighted by molar-refractivity contribution is 5.74. The van der Waals surface area contributed by atoms with Gasteiger partial charge in [0.05, 0.1) is 0 Å². The fourth-order valence-corrected chi connectivity index (χ4v) is 1.48. The number of nitrogens with one attached hydrogen (secondary N) is 2. The highest BCUT2D eigenvalue weighted by Crippen LogP contribution is 2.00. The Kier molecular flexibility index (Phi) is 8.19. The van der Waals surface area contributed by atoms with Gasteiger partial charge in [-0.2, -0.15) is 0 Å². The SMILES string of the molecule is CCCCC(C)NC(=O)NC(C)CCC(=O)O. The molecule has 3 N–H and O–H groups in total. The number of carbonyl (C=O) groups is 2. The second-order valence-electron chi connectivity index (χ2n) is 4.49. The van der Waals surface area contributed by atoms with Gasteiger partial charge in [0, 0.05) is 18.5 Å². The quantitative estimate of drug-likeness (QED) is 0.612. The summed E-state index contributed by atoms with van der Waals surface area (Å²) < 4.78 is 0. The van der Waals surface area contributed by atoms with Gasteiger partial charge in [-0.15, -0.1) is 0 Å². The maximum Gasteiger partial charge on any atom is 0.315 e. The van der Waals surface area contributed by atoms with Crippen LogP contribution in [0.5, 0.6) is 0 Å². The molecule has 0 radical (unpaired) electrons. The lowest BCUT2D eigenvalue weighted by Gasteiger charge is -2.17. The van der Waals surface area contributed by atoms with Crippen LogP contribution in [0, 0.1) is 0 Å². The molecule has 100 valence electrons. The standard InChI is InChI=1S/C12H24N2O3/c1-4-5-6-9(2)13-12(17)14-10(3)7-8-11(15)16/h9-10H,4-8H2,1-3H3,(H,15,16)(H2,13,14,17). The Bertz CT molecular complexity index is 244. The zero-order valence-electron chi connectivity index (χ0n) is 11.0. The summed E-state index contributed by atoms with van der Waals surface area (Å²) in [5.41, 5.74) is 0. The second-order valence-corrected chi connectivity index (χ2v) is 4.49. The molecule has 0 aliphatic rings. The highest BCUT2D eigenvalue weighted by atomic mass is 16.4. The number of carboxylic acid groups (broad SMARTS) is 1. The third kappa shape index (κ3) is 9.66. The number of carbonyl (C=O) groups excluding carboxylic acids is 1. The van der Waals surface area contributed by atoms with E-state index in [1.807, 2.05) is 6.92 Å². The first-order valence-corrected chi connectivity index (χ1v) is 6.24. The molecule has 0 saturated carbocycles. The smallest absolute Gasteiger partial charge is 0.315 e. The molecule has 0 aromatic heterocycles. The Morgan fingerprint density at radius 2 is 1.65 bits per heavy atom. The van der Waals surface area contributed by atoms with Crippen LogP contribution in [-0.2, 0) is 4.79 Å². The van der Waals surface area contributed by atoms with Crippen molar-refractivity contribution in [2.45, 2.75) is 65.0 Å². The molecular formula is C12H24N2O3. The first-order valence-electron chi connectivity index (χ1n) is 6.24. The summed E-state index contributed by atoms with van der Waals surface area (Å²) in [5.74, 6) is -0.838. The Morgan fingerprint density at radius 3 is 2.12 bits per heavy atom. The van der Waals surface area contributed by atoms with E-state index in [0.717, 1.165) is 19.3 Å². The molecule has 17 heavy (non-hydrogen) atoms. The van der Waals surface area contributed by atoms with Crippen molar-refractivity contribution >= 4 is 12.0 Å². The molecule has 5 heteroatoms. The molecule has 2 amide bonds. The maximum absolute atomic E-state index is 11.5. The van der Waals surface area contributed by atoms with Crippen LogP contribution in [0.2, 0.25) is 0 Å². The largest absolute Gasteiger partial charge is 0.481 e. The number of aliphatic carboxylic acids is 1. The Balaban J connectivity index is 3.73. The van der Waals surface area contributed by atoms with Crippen LogP contribution < -0.4 is 10.6 Å². The average Bonchev–Trinajstić information content (AvgIpc) is 2.23. The molecular weight excluding hydrogens is 220 g/mol. The number of carboxylic acids is 1. The van der Waals surface area contributed by atoms with Crippen molar-refractivity contribution in [1.29, 1.82) is 0 Å². The predicted octanol–water partition coefficient (Wildman–Crippen LogP) is 2.12. The van der Waals surface area contributed by atoms with Crippen molar-refractivity contribution in [3.8, 4) is 0 Å². The van der Waals surface area contributed by atoms with Crippen LogP contribution in [0.4, 0.5) is 4.79 Å². The lowest BCUT2D eigenvalue weighted by Crippen LogP contribution is -2.44. The summed E-state index contributed by atoms with van der Waals surface area (Å²) in [6, 6.07) is -0.183. The molecule has 0 aromatic carbocycles. The summed E-state index contributed by atoms with van der Waals surface area (Å²) >= 11 is 0. The van der Waals surface area contributed by atoms with Gasteiger partial charge >= 0.3 is 12.0 Å². The molecule has 0 aliphatic heterocycles. The minimum atomic E-state index is -0.838. The molecule has 0 aromatic rings. The third-order valence-electron chi connectivity index (χ3n) is 2.54. The average molecular weight is 244 g/mol. The monoisotopic (exact) mass is 244 g/mol. The molecule has 0 saturated heterocycles. The predicted molar refractivity (Wildman–Crippen MR) is 67.0 cm³/mol. The van der Waals surface area contributed by atoms with E-state index in [1.54, 1.807) is 6.92 Å². The molecule has 0 bridgehead atoms. The third-order valence-corrected chi connectivity index (χ3v) is 2.54. The lowest BCUT2D eigenvalue weighted by atomic mass is 10.1. The summed E-state index contributed by atoms with van der Waals surface area (Å²) in [4.78, 5) is 21.9. The van der Waals surface area contributed by atoms with Crippen LogP contribution in [0.15, 0.2) is 0 Å². The minimum Gasteiger partial charge on any atom is -0.481 e. The number of unbranched alkanes of at least 4 members (excludes halogenated alkanes) is 1. The van der Waals surface area contributed by atoms with E-state index < -0.39 is 5.97 Å². The normalized spacial score (nSPS) is 13.8. The van der Waals surface area contributed by atoms with Crippen molar-refractivity contribution < 1.29 is 14.7 Å². The molecule has 0 rings (SSSR count). The van der Waals surface area contributed by atoms with Crippen molar-refractivity contribution in [1.82, 2.24) is 10.6 Å². The summed E-state index contributed by atoms with van der Waals surface area (Å²) in [6.45, 7) is 5.89. The highest BCUT2D eigenvalue weighted by Gasteiger charge is 2.10. The number of urea groups is 1. The van der Waals surface area contributed by atoms with Gasteiger partial charge < -0.3 is 15.7 Å². The van der Waals surface area contributed by atoms with Gasteiger partial charge in [0.15, 0.2) is 0 Å². The summed E-state index contributed by atoms with van der Waals surface area (Å²) in [7, 11) is 0. The number of amides is 2. The van der Waals surface area contributed by atoms with Crippen molar-refractivity contribution in [3.05, 3.63) is 0 Å². The minimum absolute atomic E-state index is 0.0762. The Morgan fingerprint density at radius 1 is 1.12 bits per heavy atom. The van der Waals surface area contributed by atoms with E-state index in [0.29, 0.717) is 6.42 Å². The van der Waals surface area contributed by atoms with Gasteiger partial charge in [-0.1, -0.05) is 19.8 Å². The van der Waals surface area contributed by atoms with Gasteiger partial charge in [0.25, 0.3) is 0 Å². The van der Waals surface area contributed by atoms with E-state index in [9.17, 15) is 9.59 Å². The summed E-state index contributed by atoms with van der Waals surface area (Å²) in [6.07, 6.45) is 3.70. The first kappa shape index (κ1) is 15.7. The van der Waals surface area contributed by atoms with Crippen LogP contribution >= 0.6 is 0 Å². The van der Waals surface area contributed by atoms with Crippen molar-refractivity contribution in [2.75, 3.05) is 0 Å². The van der Waals surface area contributed by atoms with Crippen molar-refractivity contribution in [3.63, 3.8) is 0 Å². The van der Waals surface area contributed by atoms with Crippen LogP contribution in [0.25, 0.3) is 0 Å². The topological polar surface area (TPSA) is 78.4 Å². The van der Waals surface area contributed by atoms with Crippen molar-refractivity contribution in [2.24, 2.45) is 0 Å². The van der Waals surface area contributed by atoms with E-state index >= 15 is 0 Å². The Hall–Kier alpha value is -1.26. The number of hydrogen-bond donors (Lipinski definition) is 3. The second kappa shape index (κ2) is 8.84. The molecule has 0 spiro atoms. The van der Waals surface area contributed by atoms with E-state index in [-0.39, 0.29) is 24.5 Å². The van der Waals surface area contributed by atoms with Gasteiger partial charge in [-0.05, 0) is 26.7 Å². The molecule has 2 unspecified atom stereocenters. The van der Waals surface area contributed by atoms with E-state index in [2.05, 4.69) is 17.6 Å². The molecule has 0 heterocycles. The van der Waals surface area contributed by atoms with E-state index in [4.69, 9.17) is 5.11 Å². The van der Waals surface area contributed by atoms with Gasteiger partial charge in [-0.25, -0.2) is 4.79 Å². The van der Waals surface area contributed by atoms with E-state index in [1.165, 1.54) is 0 Å². The molecule has 0 fully saturated rings. The van der Waals surface area contributed by atoms with Crippen LogP contribution in [0.3, 0.4) is 0 Å². The zero-order valence-corrected chi connectivity index (χ0v) is 11.0. The fourth-order valence-electron chi connectivity index (χ4n) is 1.48. The first-order chi connectivity index (χ1) is 7.95. The molecule has 2 atom stereocenters. The zero-order chi connectivity index (χ0) is 13.3. The molecule has 5 nitrogen and oxygen atoms in total. The van der Waals surface area contributed by atoms with Gasteiger partial charge in [0.2, 0.25) is 0 Å². The fraction of sp³-hybridized carbons (Fsp3) is 0.833. The number of hydrogen-bond acceptors (Lipinski definition) is 2. The lowest BCUT2D eigenvalue weighted by molar-refractivity contribution is -0.137. The summed E-state index contributed by atoms with van der Waals surface area (Å²) in [5, 5.41) is 14.1. The Labute approximate surface area is 103 Å². The van der Waals surface area contributed by atoms with Gasteiger partial charge in [-0.3, -0.25) is 4.79 Å². The maximum atomic E-state index is 11.5. The molecule has 0 aliphatic carbocycles. The van der Waals surface area contributed by atoms with Crippen LogP contribution in [0.1, 0.15) is 52.9 Å². The van der Waals surface area contributed by atoms with Crippen LogP contribution in [-0.4, -0.2) is 29.2 Å². The number of rotatable bonds is 8.